The Labute approximate surface area is 208 Å². The second-order valence-corrected chi connectivity index (χ2v) is 8.23. The van der Waals surface area contributed by atoms with Gasteiger partial charge in [0.05, 0.1) is 50.4 Å². The van der Waals surface area contributed by atoms with Crippen LogP contribution in [0.3, 0.4) is 0 Å². The first kappa shape index (κ1) is 23.2. The third-order valence-corrected chi connectivity index (χ3v) is 6.42. The number of benzene rings is 3. The van der Waals surface area contributed by atoms with Gasteiger partial charge < -0.3 is 18.9 Å². The highest BCUT2D eigenvalue weighted by atomic mass is 16.6. The summed E-state index contributed by atoms with van der Waals surface area (Å²) in [6.45, 7) is 0. The van der Waals surface area contributed by atoms with E-state index in [2.05, 4.69) is 0 Å². The summed E-state index contributed by atoms with van der Waals surface area (Å²) in [5.74, 6) is 1.85. The smallest absolute Gasteiger partial charge is 0.311 e. The molecular formula is C27H25N3O6. The second-order valence-electron chi connectivity index (χ2n) is 8.23. The summed E-state index contributed by atoms with van der Waals surface area (Å²) in [6.07, 6.45) is 1.36. The molecule has 1 aliphatic carbocycles. The number of rotatable bonds is 7. The molecule has 0 aliphatic heterocycles. The van der Waals surface area contributed by atoms with Crippen LogP contribution in [0, 0.1) is 10.1 Å². The van der Waals surface area contributed by atoms with E-state index < -0.39 is 4.92 Å². The largest absolute Gasteiger partial charge is 0.493 e. The molecule has 0 saturated carbocycles. The number of hydrogen-bond donors (Lipinski definition) is 0. The number of aryl methyl sites for hydroxylation is 1. The van der Waals surface area contributed by atoms with Crippen molar-refractivity contribution in [2.45, 2.75) is 12.8 Å². The molecule has 5 rings (SSSR count). The van der Waals surface area contributed by atoms with E-state index in [9.17, 15) is 10.1 Å². The van der Waals surface area contributed by atoms with Gasteiger partial charge in [-0.1, -0.05) is 18.2 Å². The van der Waals surface area contributed by atoms with Gasteiger partial charge in [-0.3, -0.25) is 10.1 Å². The van der Waals surface area contributed by atoms with Crippen molar-refractivity contribution in [3.8, 4) is 51.1 Å². The zero-order valence-electron chi connectivity index (χ0n) is 20.4. The number of nitro groups is 1. The molecule has 3 aromatic carbocycles. The Morgan fingerprint density at radius 2 is 1.58 bits per heavy atom. The highest BCUT2D eigenvalue weighted by molar-refractivity contribution is 5.90. The molecule has 0 amide bonds. The van der Waals surface area contributed by atoms with Gasteiger partial charge in [0.2, 0.25) is 5.75 Å². The SMILES string of the molecule is COc1ccc(-c2c3c(nn2-c2ccccc2)CCc2c-3cc(OC)c(OC)c2OC)cc1[N+](=O)[O-]. The van der Waals surface area contributed by atoms with Crippen LogP contribution >= 0.6 is 0 Å². The van der Waals surface area contributed by atoms with Crippen molar-refractivity contribution in [3.63, 3.8) is 0 Å². The standard InChI is InChI=1S/C27H25N3O6/c1-33-22-13-10-16(14-21(22)30(31)32)25-24-19-15-23(34-2)27(36-4)26(35-3)18(19)11-12-20(24)28-29(25)17-8-6-5-7-9-17/h5-10,13-15H,11-12H2,1-4H3. The lowest BCUT2D eigenvalue weighted by molar-refractivity contribution is -0.385. The number of hydrogen-bond acceptors (Lipinski definition) is 7. The second kappa shape index (κ2) is 9.26. The zero-order chi connectivity index (χ0) is 25.4. The fraction of sp³-hybridized carbons (Fsp3) is 0.222. The predicted molar refractivity (Wildman–Crippen MR) is 135 cm³/mol. The average molecular weight is 488 g/mol. The van der Waals surface area contributed by atoms with E-state index in [1.807, 2.05) is 47.1 Å². The van der Waals surface area contributed by atoms with Crippen LogP contribution in [0.15, 0.2) is 54.6 Å². The summed E-state index contributed by atoms with van der Waals surface area (Å²) in [5.41, 5.74) is 5.72. The Morgan fingerprint density at radius 3 is 2.22 bits per heavy atom. The van der Waals surface area contributed by atoms with Crippen LogP contribution in [0.4, 0.5) is 5.69 Å². The molecule has 0 N–H and O–H groups in total. The van der Waals surface area contributed by atoms with Crippen LogP contribution in [0.25, 0.3) is 28.1 Å². The van der Waals surface area contributed by atoms with Crippen LogP contribution in [0.2, 0.25) is 0 Å². The maximum absolute atomic E-state index is 11.8. The van der Waals surface area contributed by atoms with Gasteiger partial charge in [0.1, 0.15) is 0 Å². The molecule has 0 unspecified atom stereocenters. The zero-order valence-corrected chi connectivity index (χ0v) is 20.4. The number of nitrogens with zero attached hydrogens (tertiary/aromatic N) is 3. The Morgan fingerprint density at radius 1 is 0.861 bits per heavy atom. The minimum Gasteiger partial charge on any atom is -0.493 e. The van der Waals surface area contributed by atoms with E-state index in [1.165, 1.54) is 13.2 Å². The lowest BCUT2D eigenvalue weighted by atomic mass is 9.85. The summed E-state index contributed by atoms with van der Waals surface area (Å²) in [5, 5.41) is 16.8. The van der Waals surface area contributed by atoms with Crippen LogP contribution < -0.4 is 18.9 Å². The fourth-order valence-electron chi connectivity index (χ4n) is 4.85. The first-order valence-electron chi connectivity index (χ1n) is 11.3. The van der Waals surface area contributed by atoms with Crippen LogP contribution in [-0.2, 0) is 12.8 Å². The number of fused-ring (bicyclic) bond motifs is 3. The molecule has 9 heteroatoms. The number of para-hydroxylation sites is 1. The Bertz CT molecular complexity index is 1460. The summed E-state index contributed by atoms with van der Waals surface area (Å²) < 4.78 is 24.1. The first-order chi connectivity index (χ1) is 17.5. The minimum atomic E-state index is -0.442. The molecular weight excluding hydrogens is 462 g/mol. The number of nitro benzene ring substituents is 1. The van der Waals surface area contributed by atoms with E-state index in [4.69, 9.17) is 24.0 Å². The van der Waals surface area contributed by atoms with Crippen molar-refractivity contribution in [1.29, 1.82) is 0 Å². The number of aromatic nitrogens is 2. The topological polar surface area (TPSA) is 97.9 Å². The van der Waals surface area contributed by atoms with Crippen molar-refractivity contribution < 1.29 is 23.9 Å². The van der Waals surface area contributed by atoms with Gasteiger partial charge in [-0.05, 0) is 48.7 Å². The molecule has 4 aromatic rings. The Kier molecular flexibility index (Phi) is 5.97. The van der Waals surface area contributed by atoms with Gasteiger partial charge in [-0.25, -0.2) is 4.68 Å². The summed E-state index contributed by atoms with van der Waals surface area (Å²) >= 11 is 0. The Balaban J connectivity index is 1.87. The van der Waals surface area contributed by atoms with Crippen molar-refractivity contribution in [2.24, 2.45) is 0 Å². The molecule has 0 bridgehead atoms. The van der Waals surface area contributed by atoms with E-state index in [-0.39, 0.29) is 11.4 Å². The van der Waals surface area contributed by atoms with Crippen LogP contribution in [0.5, 0.6) is 23.0 Å². The van der Waals surface area contributed by atoms with E-state index >= 15 is 0 Å². The third-order valence-electron chi connectivity index (χ3n) is 6.42. The van der Waals surface area contributed by atoms with Gasteiger partial charge >= 0.3 is 5.69 Å². The highest BCUT2D eigenvalue weighted by Crippen LogP contribution is 2.51. The monoisotopic (exact) mass is 487 g/mol. The lowest BCUT2D eigenvalue weighted by Gasteiger charge is -2.23. The number of ether oxygens (including phenoxy) is 4. The van der Waals surface area contributed by atoms with Crippen molar-refractivity contribution in [3.05, 3.63) is 76.0 Å². The van der Waals surface area contributed by atoms with Gasteiger partial charge in [0, 0.05) is 22.8 Å². The van der Waals surface area contributed by atoms with Crippen molar-refractivity contribution in [2.75, 3.05) is 28.4 Å². The molecule has 0 saturated heterocycles. The van der Waals surface area contributed by atoms with Gasteiger partial charge in [0.25, 0.3) is 0 Å². The average Bonchev–Trinajstić information content (AvgIpc) is 3.32. The third kappa shape index (κ3) is 3.60. The normalized spacial score (nSPS) is 11.9. The van der Waals surface area contributed by atoms with Crippen molar-refractivity contribution in [1.82, 2.24) is 9.78 Å². The van der Waals surface area contributed by atoms with Gasteiger partial charge in [-0.2, -0.15) is 5.10 Å². The Hall–Kier alpha value is -4.53. The molecule has 0 atom stereocenters. The minimum absolute atomic E-state index is 0.120. The summed E-state index contributed by atoms with van der Waals surface area (Å²) in [7, 11) is 6.18. The number of methoxy groups -OCH3 is 4. The first-order valence-corrected chi connectivity index (χ1v) is 11.3. The fourth-order valence-corrected chi connectivity index (χ4v) is 4.85. The predicted octanol–water partition coefficient (Wildman–Crippen LogP) is 5.25. The maximum Gasteiger partial charge on any atom is 0.311 e. The van der Waals surface area contributed by atoms with Crippen LogP contribution in [0.1, 0.15) is 11.3 Å². The molecule has 1 aromatic heterocycles. The van der Waals surface area contributed by atoms with Gasteiger partial charge in [-0.15, -0.1) is 0 Å². The van der Waals surface area contributed by atoms with Crippen molar-refractivity contribution >= 4 is 5.69 Å². The quantitative estimate of drug-likeness (QED) is 0.259. The van der Waals surface area contributed by atoms with E-state index in [1.54, 1.807) is 27.4 Å². The van der Waals surface area contributed by atoms with Crippen LogP contribution in [-0.4, -0.2) is 43.1 Å². The maximum atomic E-state index is 11.8. The lowest BCUT2D eigenvalue weighted by Crippen LogP contribution is -2.08. The molecule has 1 aliphatic rings. The summed E-state index contributed by atoms with van der Waals surface area (Å²) in [6, 6.07) is 16.6. The molecule has 1 heterocycles. The molecule has 184 valence electrons. The molecule has 36 heavy (non-hydrogen) atoms. The molecule has 0 radical (unpaired) electrons. The highest BCUT2D eigenvalue weighted by Gasteiger charge is 2.32. The van der Waals surface area contributed by atoms with E-state index in [0.717, 1.165) is 33.8 Å². The molecule has 0 fully saturated rings. The van der Waals surface area contributed by atoms with E-state index in [0.29, 0.717) is 35.7 Å². The van der Waals surface area contributed by atoms with Gasteiger partial charge in [0.15, 0.2) is 17.2 Å². The summed E-state index contributed by atoms with van der Waals surface area (Å²) in [4.78, 5) is 11.4. The molecule has 0 spiro atoms. The molecule has 9 nitrogen and oxygen atoms in total.